The number of benzene rings is 1. The Kier molecular flexibility index (Phi) is 3.59. The van der Waals surface area contributed by atoms with Crippen molar-refractivity contribution >= 4 is 27.2 Å². The van der Waals surface area contributed by atoms with Crippen LogP contribution in [0.2, 0.25) is 0 Å². The van der Waals surface area contributed by atoms with Crippen LogP contribution in [0.4, 0.5) is 5.82 Å². The second-order valence-corrected chi connectivity index (χ2v) is 6.24. The maximum absolute atomic E-state index is 6.04. The van der Waals surface area contributed by atoms with Gasteiger partial charge >= 0.3 is 6.01 Å². The minimum atomic E-state index is 0.345. The number of thiophene rings is 1. The smallest absolute Gasteiger partial charge is 0.322 e. The molecule has 3 heterocycles. The number of fused-ring (bicyclic) bond motifs is 1. The zero-order chi connectivity index (χ0) is 16.5. The number of ether oxygens (including phenoxy) is 1. The van der Waals surface area contributed by atoms with E-state index in [1.165, 1.54) is 0 Å². The number of nitrogen functional groups attached to an aromatic ring is 1. The lowest BCUT2D eigenvalue weighted by atomic mass is 10.1. The second-order valence-electron chi connectivity index (χ2n) is 5.33. The Labute approximate surface area is 142 Å². The van der Waals surface area contributed by atoms with Gasteiger partial charge in [-0.05, 0) is 42.1 Å². The van der Waals surface area contributed by atoms with E-state index < -0.39 is 0 Å². The summed E-state index contributed by atoms with van der Waals surface area (Å²) in [5.74, 6) is 1.24. The SMILES string of the molecule is Cc1ccnc(Oc2ccc(-c3csc4ccnc(N)c34)cc2)n1. The van der Waals surface area contributed by atoms with Crippen molar-refractivity contribution in [2.75, 3.05) is 5.73 Å². The van der Waals surface area contributed by atoms with Gasteiger partial charge in [0.2, 0.25) is 0 Å². The third kappa shape index (κ3) is 2.68. The molecule has 6 heteroatoms. The zero-order valence-electron chi connectivity index (χ0n) is 12.9. The lowest BCUT2D eigenvalue weighted by Crippen LogP contribution is -1.93. The van der Waals surface area contributed by atoms with E-state index in [1.807, 2.05) is 43.3 Å². The van der Waals surface area contributed by atoms with Gasteiger partial charge in [-0.3, -0.25) is 0 Å². The third-order valence-electron chi connectivity index (χ3n) is 3.66. The van der Waals surface area contributed by atoms with Crippen LogP contribution < -0.4 is 10.5 Å². The number of rotatable bonds is 3. The highest BCUT2D eigenvalue weighted by Crippen LogP contribution is 2.37. The normalized spacial score (nSPS) is 10.9. The molecular weight excluding hydrogens is 320 g/mol. The summed E-state index contributed by atoms with van der Waals surface area (Å²) in [7, 11) is 0. The first kappa shape index (κ1) is 14.6. The fourth-order valence-corrected chi connectivity index (χ4v) is 3.48. The van der Waals surface area contributed by atoms with Crippen molar-refractivity contribution in [3.05, 3.63) is 59.9 Å². The Morgan fingerprint density at radius 2 is 1.79 bits per heavy atom. The predicted molar refractivity (Wildman–Crippen MR) is 96.3 cm³/mol. The topological polar surface area (TPSA) is 73.9 Å². The van der Waals surface area contributed by atoms with Crippen LogP contribution in [0.1, 0.15) is 5.69 Å². The van der Waals surface area contributed by atoms with Gasteiger partial charge in [-0.15, -0.1) is 11.3 Å². The van der Waals surface area contributed by atoms with Crippen molar-refractivity contribution in [1.82, 2.24) is 15.0 Å². The number of hydrogen-bond donors (Lipinski definition) is 1. The van der Waals surface area contributed by atoms with E-state index in [0.717, 1.165) is 26.9 Å². The lowest BCUT2D eigenvalue weighted by Gasteiger charge is -2.06. The van der Waals surface area contributed by atoms with Crippen LogP contribution in [0, 0.1) is 6.92 Å². The third-order valence-corrected chi connectivity index (χ3v) is 4.61. The fraction of sp³-hybridized carbons (Fsp3) is 0.0556. The zero-order valence-corrected chi connectivity index (χ0v) is 13.7. The molecule has 4 aromatic rings. The fourth-order valence-electron chi connectivity index (χ4n) is 2.51. The number of nitrogens with two attached hydrogens (primary N) is 1. The van der Waals surface area contributed by atoms with E-state index >= 15 is 0 Å². The molecular formula is C18H14N4OS. The van der Waals surface area contributed by atoms with Crippen LogP contribution in [0.5, 0.6) is 11.8 Å². The Morgan fingerprint density at radius 3 is 2.58 bits per heavy atom. The molecule has 24 heavy (non-hydrogen) atoms. The van der Waals surface area contributed by atoms with E-state index in [-0.39, 0.29) is 0 Å². The average Bonchev–Trinajstić information content (AvgIpc) is 3.01. The molecule has 0 saturated heterocycles. The van der Waals surface area contributed by atoms with Crippen molar-refractivity contribution in [3.8, 4) is 22.9 Å². The standard InChI is InChI=1S/C18H14N4OS/c1-11-6-8-21-18(22-11)23-13-4-2-12(3-5-13)14-10-24-15-7-9-20-17(19)16(14)15/h2-10H,1H3,(H2,19,20). The number of aromatic nitrogens is 3. The Hall–Kier alpha value is -2.99. The first-order valence-corrected chi connectivity index (χ1v) is 8.28. The monoisotopic (exact) mass is 334 g/mol. The molecule has 1 aromatic carbocycles. The van der Waals surface area contributed by atoms with E-state index in [2.05, 4.69) is 20.3 Å². The van der Waals surface area contributed by atoms with E-state index in [4.69, 9.17) is 10.5 Å². The van der Waals surface area contributed by atoms with Crippen LogP contribution in [0.15, 0.2) is 54.2 Å². The van der Waals surface area contributed by atoms with Crippen molar-refractivity contribution in [2.45, 2.75) is 6.92 Å². The molecule has 5 nitrogen and oxygen atoms in total. The highest BCUT2D eigenvalue weighted by molar-refractivity contribution is 7.17. The summed E-state index contributed by atoms with van der Waals surface area (Å²) in [6, 6.07) is 12.0. The molecule has 0 spiro atoms. The number of aryl methyl sites for hydroxylation is 1. The van der Waals surface area contributed by atoms with Crippen LogP contribution in [0.25, 0.3) is 21.2 Å². The second kappa shape index (κ2) is 5.90. The summed E-state index contributed by atoms with van der Waals surface area (Å²) in [6.45, 7) is 1.90. The molecule has 3 aromatic heterocycles. The van der Waals surface area contributed by atoms with Crippen molar-refractivity contribution in [2.24, 2.45) is 0 Å². The van der Waals surface area contributed by atoms with Gasteiger partial charge in [-0.1, -0.05) is 12.1 Å². The number of nitrogens with zero attached hydrogens (tertiary/aromatic N) is 3. The Bertz CT molecular complexity index is 1010. The number of hydrogen-bond acceptors (Lipinski definition) is 6. The maximum atomic E-state index is 6.04. The summed E-state index contributed by atoms with van der Waals surface area (Å²) in [4.78, 5) is 12.5. The highest BCUT2D eigenvalue weighted by Gasteiger charge is 2.10. The average molecular weight is 334 g/mol. The molecule has 4 rings (SSSR count). The Balaban J connectivity index is 1.66. The number of pyridine rings is 1. The summed E-state index contributed by atoms with van der Waals surface area (Å²) in [5.41, 5.74) is 9.05. The van der Waals surface area contributed by atoms with Crippen LogP contribution in [-0.4, -0.2) is 15.0 Å². The molecule has 0 aliphatic carbocycles. The quantitative estimate of drug-likeness (QED) is 0.599. The van der Waals surface area contributed by atoms with Crippen molar-refractivity contribution < 1.29 is 4.74 Å². The lowest BCUT2D eigenvalue weighted by molar-refractivity contribution is 0.440. The van der Waals surface area contributed by atoms with Crippen molar-refractivity contribution in [3.63, 3.8) is 0 Å². The first-order valence-electron chi connectivity index (χ1n) is 7.40. The first-order chi connectivity index (χ1) is 11.7. The van der Waals surface area contributed by atoms with Crippen LogP contribution in [-0.2, 0) is 0 Å². The van der Waals surface area contributed by atoms with Gasteiger partial charge in [0.25, 0.3) is 0 Å². The van der Waals surface area contributed by atoms with E-state index in [9.17, 15) is 0 Å². The van der Waals surface area contributed by atoms with Gasteiger partial charge < -0.3 is 10.5 Å². The number of anilines is 1. The minimum absolute atomic E-state index is 0.345. The molecule has 0 unspecified atom stereocenters. The van der Waals surface area contributed by atoms with Gasteiger partial charge in [0, 0.05) is 33.7 Å². The molecule has 118 valence electrons. The van der Waals surface area contributed by atoms with E-state index in [1.54, 1.807) is 23.7 Å². The summed E-state index contributed by atoms with van der Waals surface area (Å²) in [5, 5.41) is 3.10. The van der Waals surface area contributed by atoms with Crippen molar-refractivity contribution in [1.29, 1.82) is 0 Å². The summed E-state index contributed by atoms with van der Waals surface area (Å²) >= 11 is 1.66. The van der Waals surface area contributed by atoms with E-state index in [0.29, 0.717) is 17.6 Å². The molecule has 0 aliphatic heterocycles. The molecule has 0 saturated carbocycles. The largest absolute Gasteiger partial charge is 0.424 e. The maximum Gasteiger partial charge on any atom is 0.322 e. The molecule has 0 aliphatic rings. The van der Waals surface area contributed by atoms with Gasteiger partial charge in [-0.25, -0.2) is 15.0 Å². The minimum Gasteiger partial charge on any atom is -0.424 e. The molecule has 0 amide bonds. The molecule has 0 radical (unpaired) electrons. The highest BCUT2D eigenvalue weighted by atomic mass is 32.1. The predicted octanol–water partition coefficient (Wildman–Crippen LogP) is 4.44. The molecule has 0 bridgehead atoms. The van der Waals surface area contributed by atoms with Gasteiger partial charge in [0.1, 0.15) is 11.6 Å². The van der Waals surface area contributed by atoms with Gasteiger partial charge in [-0.2, -0.15) is 0 Å². The molecule has 0 fully saturated rings. The van der Waals surface area contributed by atoms with Crippen LogP contribution in [0.3, 0.4) is 0 Å². The van der Waals surface area contributed by atoms with Gasteiger partial charge in [0.05, 0.1) is 0 Å². The molecule has 0 atom stereocenters. The van der Waals surface area contributed by atoms with Gasteiger partial charge in [0.15, 0.2) is 0 Å². The molecule has 2 N–H and O–H groups in total. The summed E-state index contributed by atoms with van der Waals surface area (Å²) < 4.78 is 6.82. The van der Waals surface area contributed by atoms with Crippen LogP contribution >= 0.6 is 11.3 Å². The Morgan fingerprint density at radius 1 is 1.00 bits per heavy atom. The summed E-state index contributed by atoms with van der Waals surface area (Å²) in [6.07, 6.45) is 3.41.